The van der Waals surface area contributed by atoms with Crippen LogP contribution in [0, 0.1) is 0 Å². The van der Waals surface area contributed by atoms with Crippen molar-refractivity contribution in [2.75, 3.05) is 40.9 Å². The molecule has 0 fully saturated rings. The summed E-state index contributed by atoms with van der Waals surface area (Å²) < 4.78 is 5.96. The zero-order valence-corrected chi connectivity index (χ0v) is 9.17. The maximum Gasteiger partial charge on any atom is 0.305 e. The van der Waals surface area contributed by atoms with Crippen LogP contribution in [0.25, 0.3) is 0 Å². The molecule has 0 saturated carbocycles. The Bertz CT molecular complexity index is 145. The Morgan fingerprint density at radius 2 is 1.85 bits per heavy atom. The van der Waals surface area contributed by atoms with E-state index in [9.17, 15) is 4.79 Å². The highest BCUT2D eigenvalue weighted by Gasteiger charge is 2.05. The molecule has 0 radical (unpaired) electrons. The summed E-state index contributed by atoms with van der Waals surface area (Å²) in [5.74, 6) is -0.805. The van der Waals surface area contributed by atoms with E-state index in [2.05, 4.69) is 21.1 Å². The monoisotopic (exact) mass is 211 g/mol. The molecule has 0 aliphatic heterocycles. The van der Waals surface area contributed by atoms with Crippen LogP contribution in [0.2, 0.25) is 0 Å². The third kappa shape index (κ3) is 14.5. The van der Waals surface area contributed by atoms with E-state index in [1.54, 1.807) is 0 Å². The Morgan fingerprint density at radius 3 is 2.23 bits per heavy atom. The van der Waals surface area contributed by atoms with E-state index in [0.717, 1.165) is 11.0 Å². The van der Waals surface area contributed by atoms with Gasteiger partial charge in [-0.15, -0.1) is 0 Å². The molecule has 0 aromatic heterocycles. The van der Waals surface area contributed by atoms with Crippen LogP contribution in [0.15, 0.2) is 0 Å². The standard InChI is InChI=1S/C8H17NO3.ClH/c1-9(2,3)5-7-12-6-4-8(10)11;/h4-7H2,1-3H3;1H. The number of carbonyl (C=O) groups is 1. The predicted molar refractivity (Wildman–Crippen MR) is 46.0 cm³/mol. The van der Waals surface area contributed by atoms with Gasteiger partial charge in [0.15, 0.2) is 0 Å². The number of hydrogen-bond donors (Lipinski definition) is 1. The number of ether oxygens (including phenoxy) is 1. The third-order valence-corrected chi connectivity index (χ3v) is 1.37. The van der Waals surface area contributed by atoms with Crippen LogP contribution >= 0.6 is 0 Å². The van der Waals surface area contributed by atoms with Crippen LogP contribution in [0.1, 0.15) is 6.42 Å². The second kappa shape index (κ2) is 7.12. The lowest BCUT2D eigenvalue weighted by Crippen LogP contribution is -3.00. The van der Waals surface area contributed by atoms with Crippen molar-refractivity contribution in [1.82, 2.24) is 0 Å². The van der Waals surface area contributed by atoms with Gasteiger partial charge in [0.05, 0.1) is 40.8 Å². The Kier molecular flexibility index (Phi) is 8.30. The van der Waals surface area contributed by atoms with E-state index < -0.39 is 5.97 Å². The summed E-state index contributed by atoms with van der Waals surface area (Å²) in [6, 6.07) is 0. The predicted octanol–water partition coefficient (Wildman–Crippen LogP) is -2.81. The van der Waals surface area contributed by atoms with Crippen LogP contribution in [-0.2, 0) is 9.53 Å². The maximum atomic E-state index is 10.1. The molecule has 4 nitrogen and oxygen atoms in total. The number of halogens is 1. The molecule has 0 amide bonds. The molecule has 0 aliphatic rings. The van der Waals surface area contributed by atoms with Crippen LogP contribution in [0.3, 0.4) is 0 Å². The smallest absolute Gasteiger partial charge is 0.305 e. The van der Waals surface area contributed by atoms with Gasteiger partial charge in [-0.05, 0) is 0 Å². The topological polar surface area (TPSA) is 46.5 Å². The van der Waals surface area contributed by atoms with Gasteiger partial charge in [-0.2, -0.15) is 0 Å². The molecule has 0 saturated heterocycles. The van der Waals surface area contributed by atoms with Crippen molar-refractivity contribution in [3.63, 3.8) is 0 Å². The third-order valence-electron chi connectivity index (χ3n) is 1.37. The number of hydrogen-bond acceptors (Lipinski definition) is 2. The first-order valence-electron chi connectivity index (χ1n) is 4.02. The van der Waals surface area contributed by atoms with Gasteiger partial charge in [0.2, 0.25) is 0 Å². The number of nitrogens with zero attached hydrogens (tertiary/aromatic N) is 1. The Labute approximate surface area is 85.5 Å². The van der Waals surface area contributed by atoms with Gasteiger partial charge >= 0.3 is 5.97 Å². The minimum absolute atomic E-state index is 0. The average molecular weight is 212 g/mol. The minimum Gasteiger partial charge on any atom is -1.00 e. The van der Waals surface area contributed by atoms with Crippen molar-refractivity contribution in [2.45, 2.75) is 6.42 Å². The van der Waals surface area contributed by atoms with E-state index in [-0.39, 0.29) is 18.8 Å². The normalized spacial score (nSPS) is 10.7. The van der Waals surface area contributed by atoms with Crippen molar-refractivity contribution in [3.05, 3.63) is 0 Å². The van der Waals surface area contributed by atoms with Gasteiger partial charge in [0.25, 0.3) is 0 Å². The highest BCUT2D eigenvalue weighted by atomic mass is 35.5. The highest BCUT2D eigenvalue weighted by Crippen LogP contribution is 1.90. The van der Waals surface area contributed by atoms with Crippen molar-refractivity contribution >= 4 is 5.97 Å². The van der Waals surface area contributed by atoms with Gasteiger partial charge in [0.1, 0.15) is 6.54 Å². The minimum atomic E-state index is -0.805. The number of carboxylic acid groups (broad SMARTS) is 1. The molecular formula is C8H18ClNO3. The fraction of sp³-hybridized carbons (Fsp3) is 0.875. The van der Waals surface area contributed by atoms with Gasteiger partial charge in [-0.1, -0.05) is 0 Å². The van der Waals surface area contributed by atoms with Gasteiger partial charge < -0.3 is 26.7 Å². The van der Waals surface area contributed by atoms with Crippen molar-refractivity contribution in [2.24, 2.45) is 0 Å². The Balaban J connectivity index is 0. The molecule has 5 heteroatoms. The molecule has 0 bridgehead atoms. The van der Waals surface area contributed by atoms with E-state index in [1.165, 1.54) is 0 Å². The summed E-state index contributed by atoms with van der Waals surface area (Å²) in [7, 11) is 6.21. The molecule has 0 unspecified atom stereocenters. The van der Waals surface area contributed by atoms with Gasteiger partial charge in [0, 0.05) is 0 Å². The highest BCUT2D eigenvalue weighted by molar-refractivity contribution is 5.66. The summed E-state index contributed by atoms with van der Waals surface area (Å²) >= 11 is 0. The van der Waals surface area contributed by atoms with Crippen molar-refractivity contribution < 1.29 is 31.5 Å². The van der Waals surface area contributed by atoms with Gasteiger partial charge in [-0.3, -0.25) is 4.79 Å². The SMILES string of the molecule is C[N+](C)(C)CCOCCC(=O)O.[Cl-]. The van der Waals surface area contributed by atoms with Crippen molar-refractivity contribution in [3.8, 4) is 0 Å². The quantitative estimate of drug-likeness (QED) is 0.381. The van der Waals surface area contributed by atoms with Crippen LogP contribution in [-0.4, -0.2) is 56.5 Å². The van der Waals surface area contributed by atoms with Crippen LogP contribution in [0.5, 0.6) is 0 Å². The second-order valence-electron chi connectivity index (χ2n) is 3.77. The first-order chi connectivity index (χ1) is 5.42. The molecule has 0 rings (SSSR count). The van der Waals surface area contributed by atoms with E-state index in [4.69, 9.17) is 9.84 Å². The zero-order valence-electron chi connectivity index (χ0n) is 8.42. The molecule has 0 atom stereocenters. The largest absolute Gasteiger partial charge is 1.00 e. The number of likely N-dealkylation sites (N-methyl/N-ethyl adjacent to an activating group) is 1. The Hall–Kier alpha value is -0.320. The van der Waals surface area contributed by atoms with Crippen molar-refractivity contribution in [1.29, 1.82) is 0 Å². The first kappa shape index (κ1) is 15.2. The lowest BCUT2D eigenvalue weighted by atomic mass is 10.5. The molecule has 0 aromatic carbocycles. The number of quaternary nitrogens is 1. The van der Waals surface area contributed by atoms with Crippen LogP contribution < -0.4 is 12.4 Å². The summed E-state index contributed by atoms with van der Waals surface area (Å²) in [6.07, 6.45) is 0.0944. The van der Waals surface area contributed by atoms with Gasteiger partial charge in [-0.25, -0.2) is 0 Å². The fourth-order valence-electron chi connectivity index (χ4n) is 0.600. The van der Waals surface area contributed by atoms with Crippen LogP contribution in [0.4, 0.5) is 0 Å². The molecular weight excluding hydrogens is 194 g/mol. The summed E-state index contributed by atoms with van der Waals surface area (Å²) in [6.45, 7) is 1.84. The molecule has 0 aliphatic carbocycles. The van der Waals surface area contributed by atoms with E-state index in [1.807, 2.05) is 0 Å². The molecule has 13 heavy (non-hydrogen) atoms. The zero-order chi connectivity index (χ0) is 9.61. The number of rotatable bonds is 6. The number of aliphatic carboxylic acids is 1. The first-order valence-corrected chi connectivity index (χ1v) is 4.02. The molecule has 0 spiro atoms. The molecule has 1 N–H and O–H groups in total. The summed E-state index contributed by atoms with van der Waals surface area (Å²) in [4.78, 5) is 10.1. The number of carboxylic acids is 1. The average Bonchev–Trinajstić information content (AvgIpc) is 1.83. The summed E-state index contributed by atoms with van der Waals surface area (Å²) in [5, 5.41) is 8.29. The van der Waals surface area contributed by atoms with E-state index in [0.29, 0.717) is 13.2 Å². The lowest BCUT2D eigenvalue weighted by Gasteiger charge is -2.23. The van der Waals surface area contributed by atoms with E-state index >= 15 is 0 Å². The lowest BCUT2D eigenvalue weighted by molar-refractivity contribution is -0.870. The second-order valence-corrected chi connectivity index (χ2v) is 3.77. The molecule has 0 heterocycles. The Morgan fingerprint density at radius 1 is 1.31 bits per heavy atom. The molecule has 0 aromatic rings. The fourth-order valence-corrected chi connectivity index (χ4v) is 0.600. The summed E-state index contributed by atoms with van der Waals surface area (Å²) in [5.41, 5.74) is 0. The maximum absolute atomic E-state index is 10.1. The molecule has 80 valence electrons.